The summed E-state index contributed by atoms with van der Waals surface area (Å²) >= 11 is 0. The summed E-state index contributed by atoms with van der Waals surface area (Å²) in [5.74, 6) is 0.466. The fourth-order valence-electron chi connectivity index (χ4n) is 1.45. The smallest absolute Gasteiger partial charge is 0.141 e. The summed E-state index contributed by atoms with van der Waals surface area (Å²) in [6.07, 6.45) is 0.784. The summed E-state index contributed by atoms with van der Waals surface area (Å²) in [5, 5.41) is 0. The van der Waals surface area contributed by atoms with E-state index in [1.807, 2.05) is 19.1 Å². The van der Waals surface area contributed by atoms with Gasteiger partial charge in [-0.05, 0) is 29.5 Å². The highest BCUT2D eigenvalue weighted by atomic mass is 16.1. The largest absolute Gasteiger partial charge is 0.318 e. The molecular formula is C12H17NO. The van der Waals surface area contributed by atoms with Crippen LogP contribution in [0.3, 0.4) is 0 Å². The van der Waals surface area contributed by atoms with Crippen molar-refractivity contribution in [1.29, 1.82) is 0 Å². The minimum absolute atomic E-state index is 0.466. The van der Waals surface area contributed by atoms with Crippen molar-refractivity contribution in [1.82, 2.24) is 0 Å². The van der Waals surface area contributed by atoms with E-state index in [1.165, 1.54) is 5.56 Å². The van der Waals surface area contributed by atoms with Crippen LogP contribution < -0.4 is 5.73 Å². The number of hydrogen-bond donors (Lipinski definition) is 1. The number of carbonyl (C=O) groups excluding carboxylic acids is 1. The molecule has 2 N–H and O–H groups in total. The number of hydrogen-bond acceptors (Lipinski definition) is 2. The lowest BCUT2D eigenvalue weighted by Crippen LogP contribution is -2.13. The van der Waals surface area contributed by atoms with Gasteiger partial charge in [0.05, 0.1) is 6.04 Å². The summed E-state index contributed by atoms with van der Waals surface area (Å²) in [5.41, 5.74) is 8.94. The van der Waals surface area contributed by atoms with Crippen LogP contribution in [0.1, 0.15) is 42.5 Å². The first kappa shape index (κ1) is 10.9. The van der Waals surface area contributed by atoms with Crippen LogP contribution in [0, 0.1) is 6.92 Å². The lowest BCUT2D eigenvalue weighted by molar-refractivity contribution is -0.109. The Bertz CT molecular complexity index is 331. The van der Waals surface area contributed by atoms with Gasteiger partial charge in [-0.25, -0.2) is 0 Å². The number of aldehydes is 1. The molecule has 0 bridgehead atoms. The maximum absolute atomic E-state index is 10.6. The van der Waals surface area contributed by atoms with E-state index in [2.05, 4.69) is 19.9 Å². The Labute approximate surface area is 85.1 Å². The molecule has 0 aliphatic heterocycles. The van der Waals surface area contributed by atoms with Gasteiger partial charge in [0.15, 0.2) is 0 Å². The van der Waals surface area contributed by atoms with E-state index in [9.17, 15) is 4.79 Å². The summed E-state index contributed by atoms with van der Waals surface area (Å²) in [7, 11) is 0. The molecule has 2 heteroatoms. The zero-order chi connectivity index (χ0) is 10.7. The van der Waals surface area contributed by atoms with E-state index in [0.29, 0.717) is 5.92 Å². The number of nitrogens with two attached hydrogens (primary N) is 1. The van der Waals surface area contributed by atoms with Gasteiger partial charge >= 0.3 is 0 Å². The molecule has 0 radical (unpaired) electrons. The molecule has 1 aromatic rings. The third-order valence-corrected chi connectivity index (χ3v) is 2.48. The topological polar surface area (TPSA) is 43.1 Å². The Morgan fingerprint density at radius 3 is 2.50 bits per heavy atom. The van der Waals surface area contributed by atoms with Gasteiger partial charge in [-0.15, -0.1) is 0 Å². The molecule has 76 valence electrons. The minimum Gasteiger partial charge on any atom is -0.318 e. The maximum atomic E-state index is 10.6. The number of aryl methyl sites for hydroxylation is 1. The van der Waals surface area contributed by atoms with Crippen LogP contribution in [0.4, 0.5) is 0 Å². The summed E-state index contributed by atoms with van der Waals surface area (Å²) in [4.78, 5) is 10.6. The highest BCUT2D eigenvalue weighted by Gasteiger charge is 2.09. The molecule has 0 aliphatic rings. The van der Waals surface area contributed by atoms with Gasteiger partial charge in [0.25, 0.3) is 0 Å². The average molecular weight is 191 g/mol. The number of rotatable bonds is 3. The fourth-order valence-corrected chi connectivity index (χ4v) is 1.45. The van der Waals surface area contributed by atoms with Gasteiger partial charge in [-0.3, -0.25) is 0 Å². The predicted molar refractivity (Wildman–Crippen MR) is 58.3 cm³/mol. The fraction of sp³-hybridized carbons (Fsp3) is 0.417. The van der Waals surface area contributed by atoms with Crippen LogP contribution in [0.15, 0.2) is 18.2 Å². The van der Waals surface area contributed by atoms with Gasteiger partial charge in [0.2, 0.25) is 0 Å². The van der Waals surface area contributed by atoms with Crippen LogP contribution in [-0.2, 0) is 4.79 Å². The molecule has 0 heterocycles. The Morgan fingerprint density at radius 2 is 2.00 bits per heavy atom. The second-order valence-corrected chi connectivity index (χ2v) is 3.93. The van der Waals surface area contributed by atoms with Gasteiger partial charge in [0.1, 0.15) is 6.29 Å². The van der Waals surface area contributed by atoms with Gasteiger partial charge < -0.3 is 10.5 Å². The SMILES string of the molecule is Cc1ccc(C(C)C)cc1C(N)C=O. The lowest BCUT2D eigenvalue weighted by atomic mass is 9.95. The average Bonchev–Trinajstić information content (AvgIpc) is 2.17. The first-order valence-corrected chi connectivity index (χ1v) is 4.87. The zero-order valence-electron chi connectivity index (χ0n) is 8.95. The first-order valence-electron chi connectivity index (χ1n) is 4.87. The molecule has 1 aromatic carbocycles. The van der Waals surface area contributed by atoms with Crippen molar-refractivity contribution in [3.63, 3.8) is 0 Å². The van der Waals surface area contributed by atoms with Crippen molar-refractivity contribution >= 4 is 6.29 Å². The Kier molecular flexibility index (Phi) is 3.42. The second kappa shape index (κ2) is 4.38. The summed E-state index contributed by atoms with van der Waals surface area (Å²) in [6, 6.07) is 5.64. The third-order valence-electron chi connectivity index (χ3n) is 2.48. The molecule has 2 nitrogen and oxygen atoms in total. The number of benzene rings is 1. The van der Waals surface area contributed by atoms with Crippen LogP contribution in [0.2, 0.25) is 0 Å². The number of carbonyl (C=O) groups is 1. The van der Waals surface area contributed by atoms with Crippen molar-refractivity contribution in [2.75, 3.05) is 0 Å². The molecule has 1 atom stereocenters. The van der Waals surface area contributed by atoms with Crippen molar-refractivity contribution in [2.45, 2.75) is 32.7 Å². The van der Waals surface area contributed by atoms with Crippen LogP contribution in [0.25, 0.3) is 0 Å². The Morgan fingerprint density at radius 1 is 1.36 bits per heavy atom. The zero-order valence-corrected chi connectivity index (χ0v) is 8.95. The second-order valence-electron chi connectivity index (χ2n) is 3.93. The molecule has 0 aliphatic carbocycles. The molecule has 14 heavy (non-hydrogen) atoms. The van der Waals surface area contributed by atoms with E-state index >= 15 is 0 Å². The Balaban J connectivity index is 3.14. The maximum Gasteiger partial charge on any atom is 0.141 e. The third kappa shape index (κ3) is 2.20. The highest BCUT2D eigenvalue weighted by Crippen LogP contribution is 2.21. The first-order chi connectivity index (χ1) is 6.56. The van der Waals surface area contributed by atoms with E-state index in [4.69, 9.17) is 5.73 Å². The summed E-state index contributed by atoms with van der Waals surface area (Å²) in [6.45, 7) is 6.23. The van der Waals surface area contributed by atoms with Crippen molar-refractivity contribution in [2.24, 2.45) is 5.73 Å². The van der Waals surface area contributed by atoms with E-state index in [-0.39, 0.29) is 0 Å². The van der Waals surface area contributed by atoms with Gasteiger partial charge in [-0.1, -0.05) is 32.0 Å². The standard InChI is InChI=1S/C12H17NO/c1-8(2)10-5-4-9(3)11(6-10)12(13)7-14/h4-8,12H,13H2,1-3H3. The van der Waals surface area contributed by atoms with Crippen molar-refractivity contribution in [3.05, 3.63) is 34.9 Å². The molecular weight excluding hydrogens is 174 g/mol. The minimum atomic E-state index is -0.492. The molecule has 1 unspecified atom stereocenters. The van der Waals surface area contributed by atoms with Gasteiger partial charge in [0, 0.05) is 0 Å². The molecule has 0 spiro atoms. The van der Waals surface area contributed by atoms with Crippen molar-refractivity contribution in [3.8, 4) is 0 Å². The normalized spacial score (nSPS) is 12.9. The molecule has 0 saturated carbocycles. The predicted octanol–water partition coefficient (Wildman–Crippen LogP) is 2.32. The van der Waals surface area contributed by atoms with Crippen LogP contribution in [-0.4, -0.2) is 6.29 Å². The highest BCUT2D eigenvalue weighted by molar-refractivity contribution is 5.62. The van der Waals surface area contributed by atoms with Crippen molar-refractivity contribution < 1.29 is 4.79 Å². The summed E-state index contributed by atoms with van der Waals surface area (Å²) < 4.78 is 0. The molecule has 0 fully saturated rings. The lowest BCUT2D eigenvalue weighted by Gasteiger charge is -2.12. The Hall–Kier alpha value is -1.15. The van der Waals surface area contributed by atoms with Crippen LogP contribution in [0.5, 0.6) is 0 Å². The quantitative estimate of drug-likeness (QED) is 0.745. The van der Waals surface area contributed by atoms with E-state index in [0.717, 1.165) is 17.4 Å². The molecule has 1 rings (SSSR count). The van der Waals surface area contributed by atoms with Gasteiger partial charge in [-0.2, -0.15) is 0 Å². The molecule has 0 amide bonds. The van der Waals surface area contributed by atoms with E-state index in [1.54, 1.807) is 0 Å². The molecule has 0 aromatic heterocycles. The van der Waals surface area contributed by atoms with Crippen LogP contribution >= 0.6 is 0 Å². The monoisotopic (exact) mass is 191 g/mol. The molecule has 0 saturated heterocycles. The van der Waals surface area contributed by atoms with E-state index < -0.39 is 6.04 Å².